The zero-order chi connectivity index (χ0) is 13.9. The van der Waals surface area contributed by atoms with Crippen molar-refractivity contribution in [2.45, 2.75) is 64.5 Å². The zero-order valence-corrected chi connectivity index (χ0v) is 12.4. The summed E-state index contributed by atoms with van der Waals surface area (Å²) >= 11 is 0. The Hall–Kier alpha value is -0.940. The molecule has 2 rings (SSSR count). The maximum atomic E-state index is 5.77. The van der Waals surface area contributed by atoms with Gasteiger partial charge in [0.1, 0.15) is 0 Å². The number of nitrogens with one attached hydrogen (secondary N) is 1. The molecular formula is C14H25N3O2. The van der Waals surface area contributed by atoms with Crippen molar-refractivity contribution in [3.8, 4) is 0 Å². The number of ether oxygens (including phenoxy) is 1. The van der Waals surface area contributed by atoms with Gasteiger partial charge >= 0.3 is 0 Å². The van der Waals surface area contributed by atoms with Gasteiger partial charge in [-0.25, -0.2) is 0 Å². The van der Waals surface area contributed by atoms with Crippen LogP contribution in [-0.2, 0) is 11.2 Å². The minimum Gasteiger partial charge on any atom is -0.425 e. The molecule has 5 heteroatoms. The molecule has 1 aliphatic heterocycles. The van der Waals surface area contributed by atoms with Gasteiger partial charge in [-0.2, -0.15) is 0 Å². The number of hydrogen-bond donors (Lipinski definition) is 1. The van der Waals surface area contributed by atoms with Crippen molar-refractivity contribution in [2.75, 3.05) is 13.2 Å². The van der Waals surface area contributed by atoms with E-state index in [1.807, 2.05) is 0 Å². The minimum absolute atomic E-state index is 0.120. The molecule has 2 atom stereocenters. The van der Waals surface area contributed by atoms with Crippen molar-refractivity contribution < 1.29 is 9.15 Å². The molecule has 1 saturated heterocycles. The van der Waals surface area contributed by atoms with E-state index >= 15 is 0 Å². The summed E-state index contributed by atoms with van der Waals surface area (Å²) < 4.78 is 11.4. The predicted octanol–water partition coefficient (Wildman–Crippen LogP) is 2.28. The van der Waals surface area contributed by atoms with Crippen LogP contribution in [0, 0.1) is 0 Å². The molecule has 5 nitrogen and oxygen atoms in total. The van der Waals surface area contributed by atoms with E-state index in [1.54, 1.807) is 0 Å². The van der Waals surface area contributed by atoms with Gasteiger partial charge in [0.25, 0.3) is 0 Å². The van der Waals surface area contributed by atoms with Gasteiger partial charge in [0.15, 0.2) is 0 Å². The van der Waals surface area contributed by atoms with Gasteiger partial charge in [0, 0.05) is 25.1 Å². The van der Waals surface area contributed by atoms with Gasteiger partial charge in [-0.1, -0.05) is 6.92 Å². The zero-order valence-electron chi connectivity index (χ0n) is 12.4. The molecule has 2 unspecified atom stereocenters. The number of nitrogens with zero attached hydrogens (tertiary/aromatic N) is 2. The summed E-state index contributed by atoms with van der Waals surface area (Å²) in [5.74, 6) is 1.74. The Morgan fingerprint density at radius 1 is 1.32 bits per heavy atom. The maximum Gasteiger partial charge on any atom is 0.222 e. The molecule has 0 amide bonds. The lowest BCUT2D eigenvalue weighted by molar-refractivity contribution is 0.0963. The minimum atomic E-state index is 0.120. The fourth-order valence-corrected chi connectivity index (χ4v) is 2.40. The predicted molar refractivity (Wildman–Crippen MR) is 73.1 cm³/mol. The first-order valence-electron chi connectivity index (χ1n) is 7.18. The van der Waals surface area contributed by atoms with Gasteiger partial charge in [-0.15, -0.1) is 10.2 Å². The van der Waals surface area contributed by atoms with Gasteiger partial charge in [0.2, 0.25) is 11.8 Å². The molecule has 108 valence electrons. The first-order valence-corrected chi connectivity index (χ1v) is 7.18. The third-order valence-electron chi connectivity index (χ3n) is 3.41. The summed E-state index contributed by atoms with van der Waals surface area (Å²) in [6.07, 6.45) is 2.99. The van der Waals surface area contributed by atoms with Gasteiger partial charge < -0.3 is 14.5 Å². The average Bonchev–Trinajstić information content (AvgIpc) is 2.93. The molecular weight excluding hydrogens is 242 g/mol. The summed E-state index contributed by atoms with van der Waals surface area (Å²) in [6, 6.07) is 0. The molecule has 1 aromatic heterocycles. The van der Waals surface area contributed by atoms with E-state index in [1.165, 1.54) is 0 Å². The van der Waals surface area contributed by atoms with E-state index in [9.17, 15) is 0 Å². The van der Waals surface area contributed by atoms with E-state index in [-0.39, 0.29) is 17.6 Å². The highest BCUT2D eigenvalue weighted by Crippen LogP contribution is 2.32. The van der Waals surface area contributed by atoms with Crippen molar-refractivity contribution in [3.63, 3.8) is 0 Å². The Morgan fingerprint density at radius 3 is 2.79 bits per heavy atom. The van der Waals surface area contributed by atoms with Crippen LogP contribution in [0.1, 0.15) is 58.2 Å². The van der Waals surface area contributed by atoms with E-state index < -0.39 is 0 Å². The fourth-order valence-electron chi connectivity index (χ4n) is 2.40. The van der Waals surface area contributed by atoms with Crippen LogP contribution in [-0.4, -0.2) is 35.0 Å². The van der Waals surface area contributed by atoms with Crippen LogP contribution in [0.25, 0.3) is 0 Å². The molecule has 1 aromatic rings. The van der Waals surface area contributed by atoms with Crippen molar-refractivity contribution in [3.05, 3.63) is 11.8 Å². The lowest BCUT2D eigenvalue weighted by Gasteiger charge is -2.19. The van der Waals surface area contributed by atoms with E-state index in [2.05, 4.69) is 43.2 Å². The first kappa shape index (κ1) is 14.5. The van der Waals surface area contributed by atoms with Crippen molar-refractivity contribution in [2.24, 2.45) is 0 Å². The third-order valence-corrected chi connectivity index (χ3v) is 3.41. The molecule has 0 aliphatic carbocycles. The standard InChI is InChI=1S/C14H25N3O2/c1-5-11-10(7-9-18-11)13-17-16-12(19-13)6-8-15-14(2,3)4/h10-11,15H,5-9H2,1-4H3. The Kier molecular flexibility index (Phi) is 4.58. The van der Waals surface area contributed by atoms with Gasteiger partial charge in [-0.3, -0.25) is 0 Å². The largest absolute Gasteiger partial charge is 0.425 e. The molecule has 0 bridgehead atoms. The average molecular weight is 267 g/mol. The first-order chi connectivity index (χ1) is 8.99. The molecule has 0 saturated carbocycles. The van der Waals surface area contributed by atoms with Crippen LogP contribution in [0.5, 0.6) is 0 Å². The highest BCUT2D eigenvalue weighted by molar-refractivity contribution is 4.98. The molecule has 0 radical (unpaired) electrons. The molecule has 0 spiro atoms. The quantitative estimate of drug-likeness (QED) is 0.887. The fraction of sp³-hybridized carbons (Fsp3) is 0.857. The molecule has 1 N–H and O–H groups in total. The maximum absolute atomic E-state index is 5.77. The monoisotopic (exact) mass is 267 g/mol. The Bertz CT molecular complexity index is 398. The molecule has 1 fully saturated rings. The molecule has 1 aliphatic rings. The van der Waals surface area contributed by atoms with Crippen LogP contribution >= 0.6 is 0 Å². The van der Waals surface area contributed by atoms with Crippen LogP contribution in [0.2, 0.25) is 0 Å². The highest BCUT2D eigenvalue weighted by atomic mass is 16.5. The highest BCUT2D eigenvalue weighted by Gasteiger charge is 2.32. The van der Waals surface area contributed by atoms with Crippen molar-refractivity contribution in [1.29, 1.82) is 0 Å². The Labute approximate surface area is 115 Å². The second-order valence-electron chi connectivity index (χ2n) is 6.17. The Morgan fingerprint density at radius 2 is 2.11 bits per heavy atom. The number of rotatable bonds is 5. The van der Waals surface area contributed by atoms with Crippen LogP contribution in [0.4, 0.5) is 0 Å². The Balaban J connectivity index is 1.88. The summed E-state index contributed by atoms with van der Waals surface area (Å²) in [7, 11) is 0. The third kappa shape index (κ3) is 4.01. The smallest absolute Gasteiger partial charge is 0.222 e. The van der Waals surface area contributed by atoms with Crippen LogP contribution in [0.3, 0.4) is 0 Å². The van der Waals surface area contributed by atoms with Gasteiger partial charge in [-0.05, 0) is 33.6 Å². The second-order valence-corrected chi connectivity index (χ2v) is 6.17. The number of aromatic nitrogens is 2. The number of hydrogen-bond acceptors (Lipinski definition) is 5. The molecule has 0 aromatic carbocycles. The SMILES string of the molecule is CCC1OCCC1c1nnc(CCNC(C)(C)C)o1. The summed E-state index contributed by atoms with van der Waals surface area (Å²) in [4.78, 5) is 0. The molecule has 2 heterocycles. The van der Waals surface area contributed by atoms with Gasteiger partial charge in [0.05, 0.1) is 12.0 Å². The van der Waals surface area contributed by atoms with Crippen molar-refractivity contribution >= 4 is 0 Å². The van der Waals surface area contributed by atoms with Crippen LogP contribution in [0.15, 0.2) is 4.42 Å². The second kappa shape index (κ2) is 6.01. The summed E-state index contributed by atoms with van der Waals surface area (Å²) in [6.45, 7) is 10.2. The lowest BCUT2D eigenvalue weighted by atomic mass is 10.00. The van der Waals surface area contributed by atoms with E-state index in [0.29, 0.717) is 5.89 Å². The van der Waals surface area contributed by atoms with E-state index in [4.69, 9.17) is 9.15 Å². The lowest BCUT2D eigenvalue weighted by Crippen LogP contribution is -2.37. The summed E-state index contributed by atoms with van der Waals surface area (Å²) in [5, 5.41) is 11.7. The van der Waals surface area contributed by atoms with Crippen molar-refractivity contribution in [1.82, 2.24) is 15.5 Å². The van der Waals surface area contributed by atoms with Crippen LogP contribution < -0.4 is 5.32 Å². The summed E-state index contributed by atoms with van der Waals surface area (Å²) in [5.41, 5.74) is 0.120. The molecule has 19 heavy (non-hydrogen) atoms. The topological polar surface area (TPSA) is 60.2 Å². The normalized spacial score (nSPS) is 24.0. The van der Waals surface area contributed by atoms with E-state index in [0.717, 1.165) is 38.3 Å².